The monoisotopic (exact) mass is 338 g/mol. The van der Waals surface area contributed by atoms with E-state index in [9.17, 15) is 9.59 Å². The fraction of sp³-hybridized carbons (Fsp3) is 0.882. The summed E-state index contributed by atoms with van der Waals surface area (Å²) in [6.07, 6.45) is 4.38. The van der Waals surface area contributed by atoms with Crippen LogP contribution in [-0.2, 0) is 14.3 Å². The Morgan fingerprint density at radius 2 is 2.04 bits per heavy atom. The number of carbonyl (C=O) groups is 2. The summed E-state index contributed by atoms with van der Waals surface area (Å²) >= 11 is 0. The molecular formula is C17H30N4O3. The van der Waals surface area contributed by atoms with Crippen molar-refractivity contribution < 1.29 is 14.3 Å². The third kappa shape index (κ3) is 4.07. The van der Waals surface area contributed by atoms with Gasteiger partial charge in [-0.2, -0.15) is 0 Å². The molecule has 0 bridgehead atoms. The second kappa shape index (κ2) is 8.27. The average molecular weight is 338 g/mol. The van der Waals surface area contributed by atoms with Crippen LogP contribution >= 0.6 is 0 Å². The highest BCUT2D eigenvalue weighted by Gasteiger charge is 2.49. The van der Waals surface area contributed by atoms with Gasteiger partial charge in [0.05, 0.1) is 25.2 Å². The minimum Gasteiger partial charge on any atom is -0.379 e. The third-order valence-corrected chi connectivity index (χ3v) is 5.75. The molecule has 0 aromatic heterocycles. The maximum Gasteiger partial charge on any atom is 0.239 e. The SMILES string of the molecule is O=C(CNC(=O)[C@@]12CCCC[C@H]1CNC2)NCCN1CCOCC1. The van der Waals surface area contributed by atoms with Gasteiger partial charge in [-0.05, 0) is 25.3 Å². The Morgan fingerprint density at radius 1 is 1.21 bits per heavy atom. The summed E-state index contributed by atoms with van der Waals surface area (Å²) in [5.74, 6) is 0.377. The first-order chi connectivity index (χ1) is 11.7. The number of nitrogens with one attached hydrogen (secondary N) is 3. The number of carbonyl (C=O) groups excluding carboxylic acids is 2. The molecule has 7 heteroatoms. The number of hydrogen-bond donors (Lipinski definition) is 3. The van der Waals surface area contributed by atoms with Crippen molar-refractivity contribution in [3.63, 3.8) is 0 Å². The van der Waals surface area contributed by atoms with Crippen molar-refractivity contribution in [3.05, 3.63) is 0 Å². The lowest BCUT2D eigenvalue weighted by molar-refractivity contribution is -0.135. The van der Waals surface area contributed by atoms with Gasteiger partial charge in [0, 0.05) is 32.7 Å². The standard InChI is InChI=1S/C17H30N4O3/c22-15(19-5-6-21-7-9-24-10-8-21)12-20-16(23)17-4-2-1-3-14(17)11-18-13-17/h14,18H,1-13H2,(H,19,22)(H,20,23)/t14-,17+/m0/s1. The summed E-state index contributed by atoms with van der Waals surface area (Å²) in [6, 6.07) is 0. The molecular weight excluding hydrogens is 308 g/mol. The van der Waals surface area contributed by atoms with Gasteiger partial charge in [-0.15, -0.1) is 0 Å². The van der Waals surface area contributed by atoms with Gasteiger partial charge in [0.15, 0.2) is 0 Å². The minimum atomic E-state index is -0.285. The molecule has 3 aliphatic rings. The number of hydrogen-bond acceptors (Lipinski definition) is 5. The largest absolute Gasteiger partial charge is 0.379 e. The summed E-state index contributed by atoms with van der Waals surface area (Å²) in [6.45, 7) is 6.58. The molecule has 0 aromatic carbocycles. The number of amides is 2. The first kappa shape index (κ1) is 17.6. The van der Waals surface area contributed by atoms with E-state index < -0.39 is 0 Å². The van der Waals surface area contributed by atoms with E-state index in [0.29, 0.717) is 12.5 Å². The van der Waals surface area contributed by atoms with Crippen LogP contribution in [0.1, 0.15) is 25.7 Å². The molecule has 2 aliphatic heterocycles. The van der Waals surface area contributed by atoms with Crippen LogP contribution in [0.3, 0.4) is 0 Å². The number of rotatable bonds is 6. The van der Waals surface area contributed by atoms with Crippen molar-refractivity contribution in [1.29, 1.82) is 0 Å². The minimum absolute atomic E-state index is 0.0560. The topological polar surface area (TPSA) is 82.7 Å². The lowest BCUT2D eigenvalue weighted by Crippen LogP contribution is -2.50. The van der Waals surface area contributed by atoms with Crippen molar-refractivity contribution in [2.75, 3.05) is 59.0 Å². The highest BCUT2D eigenvalue weighted by molar-refractivity contribution is 5.88. The van der Waals surface area contributed by atoms with E-state index in [0.717, 1.165) is 65.2 Å². The smallest absolute Gasteiger partial charge is 0.239 e. The van der Waals surface area contributed by atoms with Crippen LogP contribution in [0, 0.1) is 11.3 Å². The van der Waals surface area contributed by atoms with Gasteiger partial charge < -0.3 is 20.7 Å². The quantitative estimate of drug-likeness (QED) is 0.598. The Balaban J connectivity index is 1.37. The van der Waals surface area contributed by atoms with Crippen molar-refractivity contribution in [3.8, 4) is 0 Å². The van der Waals surface area contributed by atoms with E-state index in [-0.39, 0.29) is 23.8 Å². The van der Waals surface area contributed by atoms with E-state index in [1.165, 1.54) is 6.42 Å². The summed E-state index contributed by atoms with van der Waals surface area (Å²) in [7, 11) is 0. The molecule has 2 amide bonds. The van der Waals surface area contributed by atoms with Crippen LogP contribution in [0.15, 0.2) is 0 Å². The summed E-state index contributed by atoms with van der Waals surface area (Å²) in [4.78, 5) is 26.9. The predicted molar refractivity (Wildman–Crippen MR) is 90.5 cm³/mol. The van der Waals surface area contributed by atoms with E-state index in [1.807, 2.05) is 0 Å². The van der Waals surface area contributed by atoms with Gasteiger partial charge >= 0.3 is 0 Å². The van der Waals surface area contributed by atoms with E-state index in [1.54, 1.807) is 0 Å². The van der Waals surface area contributed by atoms with Gasteiger partial charge in [-0.1, -0.05) is 12.8 Å². The maximum atomic E-state index is 12.7. The van der Waals surface area contributed by atoms with E-state index >= 15 is 0 Å². The second-order valence-corrected chi connectivity index (χ2v) is 7.22. The number of morpholine rings is 1. The molecule has 0 aromatic rings. The molecule has 2 heterocycles. The van der Waals surface area contributed by atoms with Crippen molar-refractivity contribution in [1.82, 2.24) is 20.9 Å². The molecule has 3 fully saturated rings. The number of ether oxygens (including phenoxy) is 1. The first-order valence-electron chi connectivity index (χ1n) is 9.26. The Morgan fingerprint density at radius 3 is 2.88 bits per heavy atom. The van der Waals surface area contributed by atoms with Gasteiger partial charge in [0.2, 0.25) is 11.8 Å². The maximum absolute atomic E-state index is 12.7. The van der Waals surface area contributed by atoms with Gasteiger partial charge in [-0.3, -0.25) is 14.5 Å². The lowest BCUT2D eigenvalue weighted by atomic mass is 9.67. The van der Waals surface area contributed by atoms with Crippen LogP contribution in [-0.4, -0.2) is 75.7 Å². The normalized spacial score (nSPS) is 30.6. The Kier molecular flexibility index (Phi) is 6.08. The van der Waals surface area contributed by atoms with Gasteiger partial charge in [0.1, 0.15) is 0 Å². The van der Waals surface area contributed by atoms with Crippen molar-refractivity contribution in [2.24, 2.45) is 11.3 Å². The van der Waals surface area contributed by atoms with Gasteiger partial charge in [0.25, 0.3) is 0 Å². The van der Waals surface area contributed by atoms with E-state index in [4.69, 9.17) is 4.74 Å². The van der Waals surface area contributed by atoms with Crippen LogP contribution in [0.4, 0.5) is 0 Å². The molecule has 1 saturated carbocycles. The predicted octanol–water partition coefficient (Wildman–Crippen LogP) is -0.669. The summed E-state index contributed by atoms with van der Waals surface area (Å²) in [5, 5.41) is 9.14. The molecule has 0 spiro atoms. The van der Waals surface area contributed by atoms with Crippen molar-refractivity contribution in [2.45, 2.75) is 25.7 Å². The molecule has 7 nitrogen and oxygen atoms in total. The average Bonchev–Trinajstić information content (AvgIpc) is 3.06. The molecule has 3 rings (SSSR count). The molecule has 0 radical (unpaired) electrons. The lowest BCUT2D eigenvalue weighted by Gasteiger charge is -2.37. The summed E-state index contributed by atoms with van der Waals surface area (Å²) < 4.78 is 5.30. The fourth-order valence-corrected chi connectivity index (χ4v) is 4.27. The van der Waals surface area contributed by atoms with Crippen LogP contribution < -0.4 is 16.0 Å². The molecule has 2 atom stereocenters. The number of nitrogens with zero attached hydrogens (tertiary/aromatic N) is 1. The highest BCUT2D eigenvalue weighted by Crippen LogP contribution is 2.43. The zero-order valence-electron chi connectivity index (χ0n) is 14.4. The third-order valence-electron chi connectivity index (χ3n) is 5.75. The summed E-state index contributed by atoms with van der Waals surface area (Å²) in [5.41, 5.74) is -0.285. The van der Waals surface area contributed by atoms with Crippen molar-refractivity contribution >= 4 is 11.8 Å². The molecule has 3 N–H and O–H groups in total. The first-order valence-corrected chi connectivity index (χ1v) is 9.26. The fourth-order valence-electron chi connectivity index (χ4n) is 4.27. The Hall–Kier alpha value is -1.18. The molecule has 2 saturated heterocycles. The Bertz CT molecular complexity index is 453. The molecule has 0 unspecified atom stereocenters. The molecule has 24 heavy (non-hydrogen) atoms. The van der Waals surface area contributed by atoms with Crippen LogP contribution in [0.5, 0.6) is 0 Å². The highest BCUT2D eigenvalue weighted by atomic mass is 16.5. The molecule has 1 aliphatic carbocycles. The van der Waals surface area contributed by atoms with E-state index in [2.05, 4.69) is 20.9 Å². The van der Waals surface area contributed by atoms with Crippen LogP contribution in [0.2, 0.25) is 0 Å². The number of fused-ring (bicyclic) bond motifs is 1. The zero-order chi connectivity index (χ0) is 16.8. The molecule has 136 valence electrons. The zero-order valence-corrected chi connectivity index (χ0v) is 14.4. The Labute approximate surface area is 143 Å². The van der Waals surface area contributed by atoms with Gasteiger partial charge in [-0.25, -0.2) is 0 Å². The second-order valence-electron chi connectivity index (χ2n) is 7.22. The van der Waals surface area contributed by atoms with Crippen LogP contribution in [0.25, 0.3) is 0 Å².